The first-order valence-corrected chi connectivity index (χ1v) is 12.2. The number of β-lactam (4-membered cyclic amide) rings is 1. The van der Waals surface area contributed by atoms with Gasteiger partial charge >= 0.3 is 0 Å². The van der Waals surface area contributed by atoms with Crippen molar-refractivity contribution in [1.29, 1.82) is 0 Å². The van der Waals surface area contributed by atoms with Crippen molar-refractivity contribution in [2.45, 2.75) is 44.3 Å². The SMILES string of the molecule is CC(C)=C1C(=O)N[C@@H]1O[C@@H]1CCO[C@@H]1COC(c1ccccc1)(c1ccccc1)c1ccccc1. The molecule has 35 heavy (non-hydrogen) atoms. The zero-order valence-corrected chi connectivity index (χ0v) is 20.1. The number of nitrogens with one attached hydrogen (secondary N) is 1. The molecule has 0 radical (unpaired) electrons. The summed E-state index contributed by atoms with van der Waals surface area (Å²) < 4.78 is 19.3. The molecule has 5 heteroatoms. The molecule has 3 aromatic rings. The van der Waals surface area contributed by atoms with Crippen molar-refractivity contribution in [1.82, 2.24) is 5.32 Å². The van der Waals surface area contributed by atoms with Gasteiger partial charge in [0, 0.05) is 6.61 Å². The van der Waals surface area contributed by atoms with Gasteiger partial charge in [-0.2, -0.15) is 0 Å². The van der Waals surface area contributed by atoms with Crippen molar-refractivity contribution >= 4 is 5.91 Å². The van der Waals surface area contributed by atoms with E-state index in [9.17, 15) is 4.79 Å². The van der Waals surface area contributed by atoms with Crippen LogP contribution in [0, 0.1) is 0 Å². The van der Waals surface area contributed by atoms with E-state index in [2.05, 4.69) is 41.7 Å². The quantitative estimate of drug-likeness (QED) is 0.288. The van der Waals surface area contributed by atoms with Crippen molar-refractivity contribution in [3.63, 3.8) is 0 Å². The Bertz CT molecular complexity index is 1080. The van der Waals surface area contributed by atoms with Crippen LogP contribution in [0.25, 0.3) is 0 Å². The van der Waals surface area contributed by atoms with Crippen LogP contribution < -0.4 is 5.32 Å². The summed E-state index contributed by atoms with van der Waals surface area (Å²) in [5.41, 5.74) is 4.02. The molecule has 2 saturated heterocycles. The van der Waals surface area contributed by atoms with Crippen LogP contribution in [0.5, 0.6) is 0 Å². The number of amides is 1. The lowest BCUT2D eigenvalue weighted by atomic mass is 9.80. The van der Waals surface area contributed by atoms with Gasteiger partial charge in [-0.1, -0.05) is 96.6 Å². The number of allylic oxidation sites excluding steroid dienone is 1. The smallest absolute Gasteiger partial charge is 0.253 e. The number of carbonyl (C=O) groups excluding carboxylic acids is 1. The number of ether oxygens (including phenoxy) is 3. The minimum Gasteiger partial charge on any atom is -0.373 e. The summed E-state index contributed by atoms with van der Waals surface area (Å²) >= 11 is 0. The van der Waals surface area contributed by atoms with Gasteiger partial charge < -0.3 is 19.5 Å². The van der Waals surface area contributed by atoms with Gasteiger partial charge in [0.1, 0.15) is 11.7 Å². The average molecular weight is 470 g/mol. The first-order valence-electron chi connectivity index (χ1n) is 12.2. The van der Waals surface area contributed by atoms with E-state index >= 15 is 0 Å². The molecule has 5 nitrogen and oxygen atoms in total. The molecule has 0 aliphatic carbocycles. The fraction of sp³-hybridized carbons (Fsp3) is 0.300. The molecule has 180 valence electrons. The largest absolute Gasteiger partial charge is 0.373 e. The third-order valence-electron chi connectivity index (χ3n) is 6.77. The molecule has 3 aromatic carbocycles. The average Bonchev–Trinajstić information content (AvgIpc) is 3.32. The van der Waals surface area contributed by atoms with E-state index < -0.39 is 5.60 Å². The van der Waals surface area contributed by atoms with Crippen molar-refractivity contribution in [3.05, 3.63) is 119 Å². The summed E-state index contributed by atoms with van der Waals surface area (Å²) in [5, 5.41) is 2.86. The molecule has 0 unspecified atom stereocenters. The van der Waals surface area contributed by atoms with E-state index in [1.807, 2.05) is 68.4 Å². The summed E-state index contributed by atoms with van der Waals surface area (Å²) in [6.07, 6.45) is -0.0499. The number of benzene rings is 3. The zero-order valence-electron chi connectivity index (χ0n) is 20.1. The molecule has 0 saturated carbocycles. The highest BCUT2D eigenvalue weighted by molar-refractivity contribution is 6.01. The zero-order chi connectivity index (χ0) is 24.3. The van der Waals surface area contributed by atoms with Gasteiger partial charge in [0.2, 0.25) is 0 Å². The van der Waals surface area contributed by atoms with Gasteiger partial charge in [-0.15, -0.1) is 0 Å². The van der Waals surface area contributed by atoms with Gasteiger partial charge in [0.05, 0.1) is 18.3 Å². The van der Waals surface area contributed by atoms with E-state index in [1.165, 1.54) is 0 Å². The maximum atomic E-state index is 12.0. The molecule has 0 aromatic heterocycles. The second kappa shape index (κ2) is 10.2. The van der Waals surface area contributed by atoms with Crippen molar-refractivity contribution in [3.8, 4) is 0 Å². The molecule has 0 bridgehead atoms. The van der Waals surface area contributed by atoms with E-state index in [-0.39, 0.29) is 24.3 Å². The molecule has 2 heterocycles. The number of hydrogen-bond donors (Lipinski definition) is 1. The van der Waals surface area contributed by atoms with Crippen LogP contribution in [0.1, 0.15) is 37.0 Å². The van der Waals surface area contributed by atoms with Crippen LogP contribution in [0.2, 0.25) is 0 Å². The molecule has 2 aliphatic heterocycles. The first kappa shape index (κ1) is 23.5. The molecule has 5 rings (SSSR count). The molecular formula is C30H31NO4. The molecule has 3 atom stereocenters. The van der Waals surface area contributed by atoms with Crippen LogP contribution >= 0.6 is 0 Å². The standard InChI is InChI=1S/C30H31NO4/c1-21(2)27-28(32)31-29(27)35-25-18-19-33-26(25)20-34-30(22-12-6-3-7-13-22,23-14-8-4-9-15-23)24-16-10-5-11-17-24/h3-17,25-26,29H,18-20H2,1-2H3,(H,31,32)/t25-,26-,29-/m1/s1. The Morgan fingerprint density at radius 3 is 1.86 bits per heavy atom. The Balaban J connectivity index is 1.46. The Morgan fingerprint density at radius 2 is 1.40 bits per heavy atom. The Morgan fingerprint density at radius 1 is 0.886 bits per heavy atom. The van der Waals surface area contributed by atoms with Gasteiger partial charge in [0.15, 0.2) is 6.23 Å². The first-order chi connectivity index (χ1) is 17.1. The third-order valence-corrected chi connectivity index (χ3v) is 6.77. The number of rotatable bonds is 8. The Kier molecular flexibility index (Phi) is 6.82. The van der Waals surface area contributed by atoms with Crippen LogP contribution in [0.15, 0.2) is 102 Å². The van der Waals surface area contributed by atoms with Gasteiger partial charge in [0.25, 0.3) is 5.91 Å². The number of carbonyl (C=O) groups is 1. The van der Waals surface area contributed by atoms with E-state index in [4.69, 9.17) is 14.2 Å². The lowest BCUT2D eigenvalue weighted by Gasteiger charge is -2.38. The highest BCUT2D eigenvalue weighted by Crippen LogP contribution is 2.41. The summed E-state index contributed by atoms with van der Waals surface area (Å²) in [5.74, 6) is -0.0574. The lowest BCUT2D eigenvalue weighted by molar-refractivity contribution is -0.140. The summed E-state index contributed by atoms with van der Waals surface area (Å²) in [6.45, 7) is 4.81. The van der Waals surface area contributed by atoms with Gasteiger partial charge in [-0.05, 0) is 37.0 Å². The lowest BCUT2D eigenvalue weighted by Crippen LogP contribution is -2.55. The summed E-state index contributed by atoms with van der Waals surface area (Å²) in [6, 6.07) is 30.9. The molecule has 2 fully saturated rings. The fourth-order valence-electron chi connectivity index (χ4n) is 4.99. The monoisotopic (exact) mass is 469 g/mol. The fourth-order valence-corrected chi connectivity index (χ4v) is 4.99. The van der Waals surface area contributed by atoms with Crippen LogP contribution in [0.3, 0.4) is 0 Å². The highest BCUT2D eigenvalue weighted by Gasteiger charge is 2.43. The minimum atomic E-state index is -0.809. The maximum absolute atomic E-state index is 12.0. The Hall–Kier alpha value is -3.25. The van der Waals surface area contributed by atoms with Gasteiger partial charge in [-0.25, -0.2) is 0 Å². The molecule has 1 amide bonds. The number of hydrogen-bond acceptors (Lipinski definition) is 4. The van der Waals surface area contributed by atoms with E-state index in [0.29, 0.717) is 18.8 Å². The van der Waals surface area contributed by atoms with Crippen LogP contribution in [-0.4, -0.2) is 37.6 Å². The van der Waals surface area contributed by atoms with Crippen LogP contribution in [-0.2, 0) is 24.6 Å². The highest BCUT2D eigenvalue weighted by atomic mass is 16.6. The predicted octanol–water partition coefficient (Wildman–Crippen LogP) is 4.96. The van der Waals surface area contributed by atoms with E-state index in [1.54, 1.807) is 0 Å². The molecule has 1 N–H and O–H groups in total. The molecule has 0 spiro atoms. The van der Waals surface area contributed by atoms with Gasteiger partial charge in [-0.3, -0.25) is 4.79 Å². The van der Waals surface area contributed by atoms with E-state index in [0.717, 1.165) is 28.7 Å². The summed E-state index contributed by atoms with van der Waals surface area (Å²) in [7, 11) is 0. The second-order valence-electron chi connectivity index (χ2n) is 9.23. The third kappa shape index (κ3) is 4.55. The van der Waals surface area contributed by atoms with Crippen molar-refractivity contribution < 1.29 is 19.0 Å². The topological polar surface area (TPSA) is 56.8 Å². The minimum absolute atomic E-state index is 0.0574. The normalized spacial score (nSPS) is 21.9. The molecular weight excluding hydrogens is 438 g/mol. The van der Waals surface area contributed by atoms with Crippen LogP contribution in [0.4, 0.5) is 0 Å². The molecule has 2 aliphatic rings. The predicted molar refractivity (Wildman–Crippen MR) is 135 cm³/mol. The van der Waals surface area contributed by atoms with Crippen molar-refractivity contribution in [2.75, 3.05) is 13.2 Å². The maximum Gasteiger partial charge on any atom is 0.253 e. The second-order valence-corrected chi connectivity index (χ2v) is 9.23. The van der Waals surface area contributed by atoms with Crippen molar-refractivity contribution in [2.24, 2.45) is 0 Å². The summed E-state index contributed by atoms with van der Waals surface area (Å²) in [4.78, 5) is 12.0. The Labute approximate surface area is 206 Å².